The monoisotopic (exact) mass is 476 g/mol. The van der Waals surface area contributed by atoms with E-state index < -0.39 is 0 Å². The largest absolute Gasteiger partial charge is 0.481 e. The van der Waals surface area contributed by atoms with Gasteiger partial charge < -0.3 is 15.4 Å². The maximum atomic E-state index is 11.7. The van der Waals surface area contributed by atoms with Gasteiger partial charge in [0.1, 0.15) is 0 Å². The van der Waals surface area contributed by atoms with Gasteiger partial charge in [0.15, 0.2) is 0 Å². The highest BCUT2D eigenvalue weighted by atomic mass is 79.9. The molecule has 0 bridgehead atoms. The number of urea groups is 1. The minimum atomic E-state index is -0.149. The number of amides is 2. The molecule has 8 heteroatoms. The number of benzene rings is 1. The highest BCUT2D eigenvalue weighted by molar-refractivity contribution is 9.10. The molecule has 2 fully saturated rings. The molecule has 152 valence electrons. The third kappa shape index (κ3) is 3.20. The van der Waals surface area contributed by atoms with Crippen LogP contribution >= 0.6 is 27.5 Å². The van der Waals surface area contributed by atoms with Crippen LogP contribution in [0, 0.1) is 0 Å². The van der Waals surface area contributed by atoms with Gasteiger partial charge in [-0.25, -0.2) is 9.78 Å². The number of halogens is 2. The van der Waals surface area contributed by atoms with Gasteiger partial charge >= 0.3 is 6.03 Å². The zero-order chi connectivity index (χ0) is 20.2. The first-order valence-corrected chi connectivity index (χ1v) is 11.0. The van der Waals surface area contributed by atoms with Crippen molar-refractivity contribution >= 4 is 33.6 Å². The van der Waals surface area contributed by atoms with E-state index >= 15 is 0 Å². The number of hydrogen-bond donors (Lipinski definition) is 2. The lowest BCUT2D eigenvalue weighted by Crippen LogP contribution is -2.46. The predicted molar refractivity (Wildman–Crippen MR) is 115 cm³/mol. The number of methoxy groups -OCH3 is 1. The molecule has 2 atom stereocenters. The Morgan fingerprint density at radius 1 is 1.41 bits per heavy atom. The van der Waals surface area contributed by atoms with Crippen LogP contribution in [-0.4, -0.2) is 48.2 Å². The number of carbonyl (C=O) groups excluding carboxylic acids is 1. The van der Waals surface area contributed by atoms with E-state index in [2.05, 4.69) is 37.5 Å². The summed E-state index contributed by atoms with van der Waals surface area (Å²) in [5.41, 5.74) is 4.02. The second kappa shape index (κ2) is 7.15. The molecule has 2 saturated heterocycles. The van der Waals surface area contributed by atoms with E-state index in [0.717, 1.165) is 48.1 Å². The molecule has 2 aromatic rings. The molecular formula is C21H22BrClN4O2. The zero-order valence-corrected chi connectivity index (χ0v) is 18.4. The number of pyridine rings is 1. The summed E-state index contributed by atoms with van der Waals surface area (Å²) < 4.78 is 6.59. The van der Waals surface area contributed by atoms with Gasteiger partial charge in [-0.05, 0) is 52.9 Å². The van der Waals surface area contributed by atoms with Crippen LogP contribution in [0.15, 0.2) is 28.7 Å². The maximum absolute atomic E-state index is 11.7. The van der Waals surface area contributed by atoms with Crippen LogP contribution in [0.4, 0.5) is 4.79 Å². The van der Waals surface area contributed by atoms with E-state index in [-0.39, 0.29) is 17.6 Å². The van der Waals surface area contributed by atoms with Crippen LogP contribution < -0.4 is 15.4 Å². The summed E-state index contributed by atoms with van der Waals surface area (Å²) in [6, 6.07) is 8.21. The lowest BCUT2D eigenvalue weighted by atomic mass is 10.0. The van der Waals surface area contributed by atoms with Crippen LogP contribution in [0.2, 0.25) is 5.02 Å². The molecule has 0 unspecified atom stereocenters. The lowest BCUT2D eigenvalue weighted by molar-refractivity contribution is 0.219. The molecule has 2 amide bonds. The molecule has 29 heavy (non-hydrogen) atoms. The third-order valence-corrected chi connectivity index (χ3v) is 7.64. The van der Waals surface area contributed by atoms with Crippen molar-refractivity contribution in [3.8, 4) is 17.1 Å². The number of nitrogens with one attached hydrogen (secondary N) is 2. The van der Waals surface area contributed by atoms with Crippen molar-refractivity contribution in [2.24, 2.45) is 0 Å². The fourth-order valence-electron chi connectivity index (χ4n) is 4.94. The van der Waals surface area contributed by atoms with Crippen LogP contribution in [0.3, 0.4) is 0 Å². The molecule has 3 aliphatic rings. The Kier molecular flexibility index (Phi) is 4.72. The Balaban J connectivity index is 1.48. The Labute approximate surface area is 183 Å². The number of carbonyl (C=O) groups is 1. The van der Waals surface area contributed by atoms with Crippen LogP contribution in [0.1, 0.15) is 30.0 Å². The van der Waals surface area contributed by atoms with E-state index in [1.807, 2.05) is 18.2 Å². The summed E-state index contributed by atoms with van der Waals surface area (Å²) >= 11 is 10.0. The summed E-state index contributed by atoms with van der Waals surface area (Å²) in [5, 5.41) is 6.69. The third-order valence-electron chi connectivity index (χ3n) is 6.34. The molecule has 1 aromatic carbocycles. The van der Waals surface area contributed by atoms with Gasteiger partial charge in [-0.2, -0.15) is 0 Å². The van der Waals surface area contributed by atoms with E-state index in [4.69, 9.17) is 21.3 Å². The average molecular weight is 478 g/mol. The van der Waals surface area contributed by atoms with Crippen molar-refractivity contribution in [1.82, 2.24) is 20.5 Å². The number of fused-ring (bicyclic) bond motifs is 1. The number of aromatic nitrogens is 1. The molecule has 0 saturated carbocycles. The van der Waals surface area contributed by atoms with Crippen LogP contribution in [0.25, 0.3) is 11.3 Å². The molecule has 1 aliphatic carbocycles. The Bertz CT molecular complexity index is 1000. The number of likely N-dealkylation sites (tertiary alicyclic amines) is 1. The lowest BCUT2D eigenvalue weighted by Gasteiger charge is -2.28. The summed E-state index contributed by atoms with van der Waals surface area (Å²) in [4.78, 5) is 19.0. The van der Waals surface area contributed by atoms with Crippen LogP contribution in [0.5, 0.6) is 5.88 Å². The van der Waals surface area contributed by atoms with Gasteiger partial charge in [-0.1, -0.05) is 23.7 Å². The second-order valence-corrected chi connectivity index (χ2v) is 9.29. The SMILES string of the molecule is COc1nc(-c2cccc(Br)c2Cl)cc2c1[C@@H](N1CC[C@]3(CNC(=O)N3)C1)CC2. The second-order valence-electron chi connectivity index (χ2n) is 8.05. The minimum Gasteiger partial charge on any atom is -0.481 e. The quantitative estimate of drug-likeness (QED) is 0.703. The van der Waals surface area contributed by atoms with E-state index in [1.165, 1.54) is 11.1 Å². The van der Waals surface area contributed by atoms with Gasteiger partial charge in [0.2, 0.25) is 5.88 Å². The van der Waals surface area contributed by atoms with Crippen molar-refractivity contribution in [3.63, 3.8) is 0 Å². The van der Waals surface area contributed by atoms with Crippen molar-refractivity contribution in [2.45, 2.75) is 30.8 Å². The van der Waals surface area contributed by atoms with E-state index in [1.54, 1.807) is 7.11 Å². The highest BCUT2D eigenvalue weighted by Gasteiger charge is 2.46. The van der Waals surface area contributed by atoms with Gasteiger partial charge in [0.25, 0.3) is 0 Å². The fraction of sp³-hybridized carbons (Fsp3) is 0.429. The molecule has 1 spiro atoms. The van der Waals surface area contributed by atoms with Crippen molar-refractivity contribution < 1.29 is 9.53 Å². The number of aryl methyl sites for hydroxylation is 1. The molecule has 5 rings (SSSR count). The number of nitrogens with zero attached hydrogens (tertiary/aromatic N) is 2. The Hall–Kier alpha value is -1.83. The first kappa shape index (κ1) is 19.2. The normalized spacial score (nSPS) is 25.9. The molecule has 6 nitrogen and oxygen atoms in total. The standard InChI is InChI=1S/C21H22BrClN4O2/c1-29-19-17-12(9-15(25-19)13-3-2-4-14(22)18(13)23)5-6-16(17)27-8-7-21(11-27)10-24-20(28)26-21/h2-4,9,16H,5-8,10-11H2,1H3,(H2,24,26,28)/t16-,21-/m0/s1. The first-order valence-electron chi connectivity index (χ1n) is 9.82. The van der Waals surface area contributed by atoms with Gasteiger partial charge in [0, 0.05) is 41.3 Å². The summed E-state index contributed by atoms with van der Waals surface area (Å²) in [7, 11) is 1.68. The van der Waals surface area contributed by atoms with Gasteiger partial charge in [-0.15, -0.1) is 0 Å². The number of rotatable bonds is 3. The van der Waals surface area contributed by atoms with Crippen molar-refractivity contribution in [3.05, 3.63) is 44.9 Å². The van der Waals surface area contributed by atoms with Crippen LogP contribution in [-0.2, 0) is 6.42 Å². The maximum Gasteiger partial charge on any atom is 0.315 e. The van der Waals surface area contributed by atoms with Crippen molar-refractivity contribution in [1.29, 1.82) is 0 Å². The highest BCUT2D eigenvalue weighted by Crippen LogP contribution is 2.45. The van der Waals surface area contributed by atoms with E-state index in [9.17, 15) is 4.79 Å². The summed E-state index contributed by atoms with van der Waals surface area (Å²) in [5.74, 6) is 0.672. The molecule has 2 N–H and O–H groups in total. The molecule has 1 aromatic heterocycles. The number of ether oxygens (including phenoxy) is 1. The topological polar surface area (TPSA) is 66.5 Å². The van der Waals surface area contributed by atoms with Gasteiger partial charge in [0.05, 0.1) is 23.4 Å². The molecule has 2 aliphatic heterocycles. The Morgan fingerprint density at radius 3 is 3.03 bits per heavy atom. The van der Waals surface area contributed by atoms with Crippen molar-refractivity contribution in [2.75, 3.05) is 26.7 Å². The molecule has 0 radical (unpaired) electrons. The average Bonchev–Trinajstić information content (AvgIpc) is 3.42. The van der Waals surface area contributed by atoms with Gasteiger partial charge in [-0.3, -0.25) is 4.90 Å². The minimum absolute atomic E-state index is 0.0616. The van der Waals surface area contributed by atoms with E-state index in [0.29, 0.717) is 17.4 Å². The Morgan fingerprint density at radius 2 is 2.28 bits per heavy atom. The fourth-order valence-corrected chi connectivity index (χ4v) is 5.53. The smallest absolute Gasteiger partial charge is 0.315 e. The zero-order valence-electron chi connectivity index (χ0n) is 16.1. The predicted octanol–water partition coefficient (Wildman–Crippen LogP) is 3.92. The first-order chi connectivity index (χ1) is 14.0. The number of hydrogen-bond acceptors (Lipinski definition) is 4. The summed E-state index contributed by atoms with van der Waals surface area (Å²) in [6.07, 6.45) is 2.96. The molecular weight excluding hydrogens is 456 g/mol. The molecule has 3 heterocycles. The summed E-state index contributed by atoms with van der Waals surface area (Å²) in [6.45, 7) is 2.49.